The quantitative estimate of drug-likeness (QED) is 0.504. The molecule has 2 aliphatic heterocycles. The third kappa shape index (κ3) is 4.12. The fraction of sp³-hybridized carbons (Fsp3) is 0.481. The second-order valence-electron chi connectivity index (χ2n) is 10.6. The van der Waals surface area contributed by atoms with Crippen molar-refractivity contribution in [3.63, 3.8) is 0 Å². The lowest BCUT2D eigenvalue weighted by Gasteiger charge is -2.40. The largest absolute Gasteiger partial charge is 0.371 e. The van der Waals surface area contributed by atoms with Crippen LogP contribution in [-0.4, -0.2) is 46.6 Å². The van der Waals surface area contributed by atoms with Gasteiger partial charge in [-0.15, -0.1) is 10.2 Å². The Morgan fingerprint density at radius 3 is 2.31 bits per heavy atom. The van der Waals surface area contributed by atoms with E-state index in [1.165, 1.54) is 4.31 Å². The van der Waals surface area contributed by atoms with E-state index in [9.17, 15) is 8.42 Å². The maximum atomic E-state index is 15.4. The van der Waals surface area contributed by atoms with Gasteiger partial charge in [0.25, 0.3) is 0 Å². The first-order valence-electron chi connectivity index (χ1n) is 12.8. The third-order valence-corrected chi connectivity index (χ3v) is 10.9. The number of sulfonamides is 1. The number of rotatable bonds is 5. The van der Waals surface area contributed by atoms with Crippen LogP contribution >= 0.6 is 0 Å². The zero-order chi connectivity index (χ0) is 24.9. The number of piperidine rings is 1. The SMILES string of the molecule is CC1CCC(c2ccccc2)S(=O)(=O)N1Cc1ccc(N2C[C@H]3CC[C@@H](C2)C3n2cnnc2)cc1F. The number of hydrogen-bond acceptors (Lipinski definition) is 5. The van der Waals surface area contributed by atoms with Crippen LogP contribution in [-0.2, 0) is 16.6 Å². The number of halogens is 1. The normalized spacial score (nSPS) is 29.9. The smallest absolute Gasteiger partial charge is 0.221 e. The van der Waals surface area contributed by atoms with Crippen molar-refractivity contribution < 1.29 is 12.8 Å². The molecule has 7 nitrogen and oxygen atoms in total. The zero-order valence-corrected chi connectivity index (χ0v) is 21.3. The minimum Gasteiger partial charge on any atom is -0.371 e. The molecule has 6 rings (SSSR count). The number of aromatic nitrogens is 3. The highest BCUT2D eigenvalue weighted by atomic mass is 32.2. The highest BCUT2D eigenvalue weighted by molar-refractivity contribution is 7.89. The van der Waals surface area contributed by atoms with E-state index in [4.69, 9.17) is 0 Å². The van der Waals surface area contributed by atoms with Crippen LogP contribution in [0.2, 0.25) is 0 Å². The van der Waals surface area contributed by atoms with Gasteiger partial charge in [0.2, 0.25) is 10.0 Å². The van der Waals surface area contributed by atoms with Crippen LogP contribution in [0.25, 0.3) is 0 Å². The van der Waals surface area contributed by atoms with Crippen LogP contribution < -0.4 is 4.90 Å². The molecule has 2 saturated heterocycles. The van der Waals surface area contributed by atoms with Gasteiger partial charge in [0.1, 0.15) is 23.7 Å². The van der Waals surface area contributed by atoms with E-state index >= 15 is 4.39 Å². The lowest BCUT2D eigenvalue weighted by molar-refractivity contribution is 0.270. The number of benzene rings is 2. The summed E-state index contributed by atoms with van der Waals surface area (Å²) in [5, 5.41) is 7.38. The minimum absolute atomic E-state index is 0.0555. The predicted molar refractivity (Wildman–Crippen MR) is 136 cm³/mol. The molecule has 190 valence electrons. The second kappa shape index (κ2) is 9.27. The van der Waals surface area contributed by atoms with Crippen molar-refractivity contribution in [3.8, 4) is 0 Å². The molecular formula is C27H32FN5O2S. The Morgan fingerprint density at radius 2 is 1.64 bits per heavy atom. The van der Waals surface area contributed by atoms with E-state index in [0.29, 0.717) is 29.9 Å². The summed E-state index contributed by atoms with van der Waals surface area (Å²) in [5.74, 6) is 0.624. The molecule has 1 saturated carbocycles. The molecule has 3 aromatic rings. The minimum atomic E-state index is -3.60. The summed E-state index contributed by atoms with van der Waals surface area (Å²) in [6.45, 7) is 3.71. The highest BCUT2D eigenvalue weighted by Crippen LogP contribution is 2.46. The molecular weight excluding hydrogens is 477 g/mol. The van der Waals surface area contributed by atoms with Crippen LogP contribution in [0.4, 0.5) is 10.1 Å². The van der Waals surface area contributed by atoms with Crippen molar-refractivity contribution in [1.82, 2.24) is 19.1 Å². The van der Waals surface area contributed by atoms with Crippen LogP contribution in [0.5, 0.6) is 0 Å². The average molecular weight is 510 g/mol. The van der Waals surface area contributed by atoms with E-state index in [-0.39, 0.29) is 18.4 Å². The summed E-state index contributed by atoms with van der Waals surface area (Å²) in [7, 11) is -3.60. The summed E-state index contributed by atoms with van der Waals surface area (Å²) >= 11 is 0. The van der Waals surface area contributed by atoms with Gasteiger partial charge in [-0.3, -0.25) is 0 Å². The lowest BCUT2D eigenvalue weighted by Crippen LogP contribution is -2.45. The Morgan fingerprint density at radius 1 is 0.944 bits per heavy atom. The summed E-state index contributed by atoms with van der Waals surface area (Å²) < 4.78 is 46.1. The third-order valence-electron chi connectivity index (χ3n) is 8.49. The molecule has 1 aromatic heterocycles. The first-order valence-corrected chi connectivity index (χ1v) is 14.3. The van der Waals surface area contributed by atoms with Crippen LogP contribution in [0.1, 0.15) is 55.0 Å². The van der Waals surface area contributed by atoms with Crippen LogP contribution in [0.3, 0.4) is 0 Å². The Hall–Kier alpha value is -2.78. The van der Waals surface area contributed by atoms with Gasteiger partial charge in [0, 0.05) is 43.0 Å². The summed E-state index contributed by atoms with van der Waals surface area (Å²) in [5.41, 5.74) is 2.09. The van der Waals surface area contributed by atoms with Gasteiger partial charge in [-0.2, -0.15) is 4.31 Å². The Labute approximate surface area is 212 Å². The van der Waals surface area contributed by atoms with E-state index < -0.39 is 15.3 Å². The van der Waals surface area contributed by atoms with Crippen LogP contribution in [0, 0.1) is 17.7 Å². The topological polar surface area (TPSA) is 71.3 Å². The van der Waals surface area contributed by atoms with Crippen LogP contribution in [0.15, 0.2) is 61.2 Å². The van der Waals surface area contributed by atoms with Gasteiger partial charge in [0.05, 0.1) is 0 Å². The molecule has 36 heavy (non-hydrogen) atoms. The van der Waals surface area contributed by atoms with Gasteiger partial charge >= 0.3 is 0 Å². The predicted octanol–water partition coefficient (Wildman–Crippen LogP) is 4.56. The second-order valence-corrected chi connectivity index (χ2v) is 12.7. The van der Waals surface area contributed by atoms with Crippen molar-refractivity contribution >= 4 is 15.7 Å². The molecule has 3 aliphatic rings. The van der Waals surface area contributed by atoms with E-state index in [0.717, 1.165) is 43.6 Å². The Balaban J connectivity index is 1.20. The summed E-state index contributed by atoms with van der Waals surface area (Å²) in [6, 6.07) is 14.9. The molecule has 3 fully saturated rings. The average Bonchev–Trinajstić information content (AvgIpc) is 3.48. The maximum Gasteiger partial charge on any atom is 0.221 e. The molecule has 3 unspecified atom stereocenters. The van der Waals surface area contributed by atoms with Crippen molar-refractivity contribution in [2.75, 3.05) is 18.0 Å². The first kappa shape index (κ1) is 23.6. The van der Waals surface area contributed by atoms with Crippen molar-refractivity contribution in [2.24, 2.45) is 11.8 Å². The lowest BCUT2D eigenvalue weighted by atomic mass is 9.91. The Kier molecular flexibility index (Phi) is 6.08. The van der Waals surface area contributed by atoms with E-state index in [1.807, 2.05) is 43.3 Å². The monoisotopic (exact) mass is 509 g/mol. The molecule has 0 N–H and O–H groups in total. The summed E-state index contributed by atoms with van der Waals surface area (Å²) in [4.78, 5) is 2.28. The molecule has 5 atom stereocenters. The Bertz CT molecular complexity index is 1300. The maximum absolute atomic E-state index is 15.4. The van der Waals surface area contributed by atoms with Gasteiger partial charge in [-0.05, 0) is 62.1 Å². The molecule has 2 bridgehead atoms. The van der Waals surface area contributed by atoms with Gasteiger partial charge < -0.3 is 9.47 Å². The number of fused-ring (bicyclic) bond motifs is 2. The molecule has 3 heterocycles. The zero-order valence-electron chi connectivity index (χ0n) is 20.4. The first-order chi connectivity index (χ1) is 17.4. The van der Waals surface area contributed by atoms with Crippen molar-refractivity contribution in [2.45, 2.75) is 56.5 Å². The highest BCUT2D eigenvalue weighted by Gasteiger charge is 2.43. The molecule has 0 radical (unpaired) electrons. The molecule has 0 spiro atoms. The number of nitrogens with zero attached hydrogens (tertiary/aromatic N) is 5. The van der Waals surface area contributed by atoms with Gasteiger partial charge in [-0.25, -0.2) is 12.8 Å². The van der Waals surface area contributed by atoms with Gasteiger partial charge in [-0.1, -0.05) is 36.4 Å². The van der Waals surface area contributed by atoms with Crippen molar-refractivity contribution in [3.05, 3.63) is 78.1 Å². The number of anilines is 1. The molecule has 9 heteroatoms. The van der Waals surface area contributed by atoms with Crippen molar-refractivity contribution in [1.29, 1.82) is 0 Å². The fourth-order valence-electron chi connectivity index (χ4n) is 6.64. The van der Waals surface area contributed by atoms with E-state index in [1.54, 1.807) is 24.8 Å². The standard InChI is InChI=1S/C27H32FN5O2S/c1-19-7-12-26(20-5-3-2-4-6-20)36(34,35)33(19)16-21-10-11-24(13-25(21)28)31-14-22-8-9-23(15-31)27(22)32-17-29-30-18-32/h2-6,10-11,13,17-19,22-23,26-27H,7-9,12,14-16H2,1H3/t19?,22-,23+,26?,27?. The summed E-state index contributed by atoms with van der Waals surface area (Å²) in [6.07, 6.45) is 7.24. The molecule has 2 aromatic carbocycles. The fourth-order valence-corrected chi connectivity index (χ4v) is 8.82. The van der Waals surface area contributed by atoms with Gasteiger partial charge in [0.15, 0.2) is 0 Å². The molecule has 1 aliphatic carbocycles. The number of hydrogen-bond donors (Lipinski definition) is 0. The molecule has 0 amide bonds. The van der Waals surface area contributed by atoms with E-state index in [2.05, 4.69) is 19.7 Å².